The van der Waals surface area contributed by atoms with Gasteiger partial charge < -0.3 is 10.6 Å². The van der Waals surface area contributed by atoms with Crippen LogP contribution in [0.4, 0.5) is 0 Å². The van der Waals surface area contributed by atoms with Gasteiger partial charge in [-0.05, 0) is 5.41 Å². The Morgan fingerprint density at radius 2 is 1.89 bits per heavy atom. The number of nitrogens with one attached hydrogen (secondary N) is 2. The molecule has 108 valence electrons. The molecule has 0 aliphatic rings. The predicted molar refractivity (Wildman–Crippen MR) is 72.8 cm³/mol. The third kappa shape index (κ3) is 6.93. The molecule has 0 aliphatic heterocycles. The fourth-order valence-electron chi connectivity index (χ4n) is 1.35. The van der Waals surface area contributed by atoms with Gasteiger partial charge in [-0.3, -0.25) is 4.79 Å². The molecule has 0 fully saturated rings. The smallest absolute Gasteiger partial charge is 0.210 e. The number of likely N-dealkylation sites (N-methyl/N-ethyl adjacent to an activating group) is 1. The van der Waals surface area contributed by atoms with E-state index < -0.39 is 10.0 Å². The largest absolute Gasteiger partial charge is 0.354 e. The third-order valence-electron chi connectivity index (χ3n) is 2.83. The van der Waals surface area contributed by atoms with E-state index in [2.05, 4.69) is 10.6 Å². The Hall–Kier alpha value is -0.660. The maximum absolute atomic E-state index is 11.2. The summed E-state index contributed by atoms with van der Waals surface area (Å²) in [5, 5.41) is 5.92. The van der Waals surface area contributed by atoms with Gasteiger partial charge in [0, 0.05) is 32.7 Å². The van der Waals surface area contributed by atoms with Gasteiger partial charge in [0.2, 0.25) is 16.4 Å². The summed E-state index contributed by atoms with van der Waals surface area (Å²) >= 11 is 0. The van der Waals surface area contributed by atoms with Gasteiger partial charge in [-0.25, -0.2) is 12.7 Å². The maximum atomic E-state index is 11.2. The molecule has 0 bridgehead atoms. The van der Waals surface area contributed by atoms with E-state index in [1.807, 2.05) is 20.8 Å². The lowest BCUT2D eigenvalue weighted by atomic mass is 9.87. The van der Waals surface area contributed by atoms with Crippen LogP contribution in [-0.2, 0) is 14.8 Å². The third-order valence-corrected chi connectivity index (χ3v) is 4.15. The Kier molecular flexibility index (Phi) is 6.80. The van der Waals surface area contributed by atoms with Crippen molar-refractivity contribution in [1.82, 2.24) is 14.9 Å². The molecule has 0 saturated heterocycles. The molecule has 0 saturated carbocycles. The standard InChI is InChI=1S/C11H25N3O3S/c1-11(2,3)10(13-9-15)8-12-6-7-14(4)18(5,16)17/h9-10,12H,6-8H2,1-5H3,(H,13,15)/t10-/m1/s1. The van der Waals surface area contributed by atoms with Gasteiger partial charge in [0.15, 0.2) is 0 Å². The van der Waals surface area contributed by atoms with E-state index in [0.29, 0.717) is 26.0 Å². The maximum Gasteiger partial charge on any atom is 0.210 e. The number of rotatable bonds is 8. The van der Waals surface area contributed by atoms with Crippen molar-refractivity contribution in [2.75, 3.05) is 32.9 Å². The first-order chi connectivity index (χ1) is 8.09. The zero-order chi connectivity index (χ0) is 14.4. The van der Waals surface area contributed by atoms with Crippen LogP contribution in [0.2, 0.25) is 0 Å². The summed E-state index contributed by atoms with van der Waals surface area (Å²) in [6.07, 6.45) is 1.87. The fraction of sp³-hybridized carbons (Fsp3) is 0.909. The molecule has 0 heterocycles. The van der Waals surface area contributed by atoms with Crippen molar-refractivity contribution in [1.29, 1.82) is 0 Å². The number of hydrogen-bond donors (Lipinski definition) is 2. The molecule has 0 spiro atoms. The molecule has 0 aromatic heterocycles. The second-order valence-electron chi connectivity index (χ2n) is 5.49. The van der Waals surface area contributed by atoms with Crippen molar-refractivity contribution >= 4 is 16.4 Å². The van der Waals surface area contributed by atoms with Crippen LogP contribution in [0.1, 0.15) is 20.8 Å². The molecule has 0 aromatic carbocycles. The number of nitrogens with zero attached hydrogens (tertiary/aromatic N) is 1. The van der Waals surface area contributed by atoms with Gasteiger partial charge in [-0.15, -0.1) is 0 Å². The first-order valence-electron chi connectivity index (χ1n) is 5.90. The van der Waals surface area contributed by atoms with Gasteiger partial charge in [0.25, 0.3) is 0 Å². The van der Waals surface area contributed by atoms with Crippen molar-refractivity contribution in [3.05, 3.63) is 0 Å². The van der Waals surface area contributed by atoms with E-state index in [0.717, 1.165) is 0 Å². The summed E-state index contributed by atoms with van der Waals surface area (Å²) in [6, 6.07) is 0.0125. The van der Waals surface area contributed by atoms with Crippen LogP contribution < -0.4 is 10.6 Å². The average Bonchev–Trinajstić information content (AvgIpc) is 2.19. The second kappa shape index (κ2) is 7.06. The van der Waals surface area contributed by atoms with Crippen LogP contribution in [0.15, 0.2) is 0 Å². The number of carbonyl (C=O) groups excluding carboxylic acids is 1. The number of hydrogen-bond acceptors (Lipinski definition) is 4. The first kappa shape index (κ1) is 17.3. The minimum absolute atomic E-state index is 0.0125. The molecule has 1 atom stereocenters. The SMILES string of the molecule is CN(CCNC[C@@H](NC=O)C(C)(C)C)S(C)(=O)=O. The lowest BCUT2D eigenvalue weighted by Crippen LogP contribution is -2.47. The monoisotopic (exact) mass is 279 g/mol. The van der Waals surface area contributed by atoms with E-state index in [4.69, 9.17) is 0 Å². The molecule has 6 nitrogen and oxygen atoms in total. The van der Waals surface area contributed by atoms with Crippen LogP contribution >= 0.6 is 0 Å². The minimum Gasteiger partial charge on any atom is -0.354 e. The highest BCUT2D eigenvalue weighted by Crippen LogP contribution is 2.18. The van der Waals surface area contributed by atoms with Gasteiger partial charge in [0.05, 0.1) is 6.26 Å². The average molecular weight is 279 g/mol. The molecule has 18 heavy (non-hydrogen) atoms. The molecule has 0 aliphatic carbocycles. The summed E-state index contributed by atoms with van der Waals surface area (Å²) in [6.45, 7) is 7.70. The quantitative estimate of drug-likeness (QED) is 0.469. The number of amides is 1. The molecular weight excluding hydrogens is 254 g/mol. The number of sulfonamides is 1. The molecule has 2 N–H and O–H groups in total. The normalized spacial score (nSPS) is 14.6. The topological polar surface area (TPSA) is 78.5 Å². The fourth-order valence-corrected chi connectivity index (χ4v) is 1.77. The first-order valence-corrected chi connectivity index (χ1v) is 7.75. The Labute approximate surface area is 110 Å². The van der Waals surface area contributed by atoms with E-state index >= 15 is 0 Å². The molecular formula is C11H25N3O3S. The Morgan fingerprint density at radius 1 is 1.33 bits per heavy atom. The van der Waals surface area contributed by atoms with Crippen LogP contribution in [-0.4, -0.2) is 58.1 Å². The van der Waals surface area contributed by atoms with E-state index in [9.17, 15) is 13.2 Å². The van der Waals surface area contributed by atoms with E-state index in [1.165, 1.54) is 10.6 Å². The van der Waals surface area contributed by atoms with Crippen molar-refractivity contribution in [3.8, 4) is 0 Å². The van der Waals surface area contributed by atoms with Crippen molar-refractivity contribution in [2.24, 2.45) is 5.41 Å². The highest BCUT2D eigenvalue weighted by atomic mass is 32.2. The van der Waals surface area contributed by atoms with Crippen LogP contribution in [0, 0.1) is 5.41 Å². The van der Waals surface area contributed by atoms with Gasteiger partial charge in [-0.1, -0.05) is 20.8 Å². The number of carbonyl (C=O) groups is 1. The lowest BCUT2D eigenvalue weighted by Gasteiger charge is -2.30. The van der Waals surface area contributed by atoms with Crippen molar-refractivity contribution < 1.29 is 13.2 Å². The Balaban J connectivity index is 4.06. The van der Waals surface area contributed by atoms with E-state index in [1.54, 1.807) is 7.05 Å². The summed E-state index contributed by atoms with van der Waals surface area (Å²) in [7, 11) is -1.58. The molecule has 0 radical (unpaired) electrons. The zero-order valence-electron chi connectivity index (χ0n) is 11.9. The summed E-state index contributed by atoms with van der Waals surface area (Å²) < 4.78 is 23.6. The summed E-state index contributed by atoms with van der Waals surface area (Å²) in [5.74, 6) is 0. The molecule has 1 amide bonds. The lowest BCUT2D eigenvalue weighted by molar-refractivity contribution is -0.110. The summed E-state index contributed by atoms with van der Waals surface area (Å²) in [4.78, 5) is 10.5. The highest BCUT2D eigenvalue weighted by molar-refractivity contribution is 7.88. The van der Waals surface area contributed by atoms with Crippen LogP contribution in [0.5, 0.6) is 0 Å². The van der Waals surface area contributed by atoms with Gasteiger partial charge >= 0.3 is 0 Å². The highest BCUT2D eigenvalue weighted by Gasteiger charge is 2.23. The Morgan fingerprint density at radius 3 is 2.28 bits per heavy atom. The van der Waals surface area contributed by atoms with E-state index in [-0.39, 0.29) is 11.5 Å². The van der Waals surface area contributed by atoms with Crippen LogP contribution in [0.3, 0.4) is 0 Å². The van der Waals surface area contributed by atoms with Crippen LogP contribution in [0.25, 0.3) is 0 Å². The van der Waals surface area contributed by atoms with Crippen molar-refractivity contribution in [3.63, 3.8) is 0 Å². The molecule has 0 aromatic rings. The van der Waals surface area contributed by atoms with Gasteiger partial charge in [-0.2, -0.15) is 0 Å². The molecule has 7 heteroatoms. The minimum atomic E-state index is -3.12. The summed E-state index contributed by atoms with van der Waals surface area (Å²) in [5.41, 5.74) is -0.0450. The Bertz CT molecular complexity index is 349. The molecule has 0 unspecified atom stereocenters. The zero-order valence-corrected chi connectivity index (χ0v) is 12.7. The predicted octanol–water partition coefficient (Wildman–Crippen LogP) is -0.372. The second-order valence-corrected chi connectivity index (χ2v) is 7.58. The molecule has 0 rings (SSSR count). The van der Waals surface area contributed by atoms with Gasteiger partial charge in [0.1, 0.15) is 0 Å². The van der Waals surface area contributed by atoms with Crippen molar-refractivity contribution in [2.45, 2.75) is 26.8 Å².